The van der Waals surface area contributed by atoms with Crippen LogP contribution in [0.4, 0.5) is 4.39 Å². The van der Waals surface area contributed by atoms with Crippen LogP contribution in [0.1, 0.15) is 23.1 Å². The molecule has 8 heteroatoms. The Bertz CT molecular complexity index is 966. The van der Waals surface area contributed by atoms with Crippen molar-refractivity contribution >= 4 is 21.4 Å². The molecular weight excluding hydrogens is 365 g/mol. The second-order valence-corrected chi connectivity index (χ2v) is 8.21. The van der Waals surface area contributed by atoms with Gasteiger partial charge in [-0.25, -0.2) is 17.8 Å². The summed E-state index contributed by atoms with van der Waals surface area (Å²) in [6.07, 6.45) is 8.74. The number of sulfone groups is 1. The van der Waals surface area contributed by atoms with Crippen molar-refractivity contribution < 1.29 is 12.8 Å². The standard InChI is InChI=1S/C17H17ClFN3O2S/c1-11-17(25(2,23)24)21-16(20-11)15(22-8-4-3-5-9-22)12-6-7-14(19)13(18)10-12/h3-8,10,15H,9H2,1-2H3,(H,20,21). The molecule has 0 saturated carbocycles. The van der Waals surface area contributed by atoms with Crippen LogP contribution in [-0.2, 0) is 9.84 Å². The van der Waals surface area contributed by atoms with E-state index < -0.39 is 21.7 Å². The average Bonchev–Trinajstić information content (AvgIpc) is 2.94. The molecular formula is C17H17ClFN3O2S. The number of allylic oxidation sites excluding steroid dienone is 2. The highest BCUT2D eigenvalue weighted by Crippen LogP contribution is 2.31. The highest BCUT2D eigenvalue weighted by molar-refractivity contribution is 7.90. The number of hydrogen-bond donors (Lipinski definition) is 1. The van der Waals surface area contributed by atoms with Crippen LogP contribution < -0.4 is 0 Å². The molecule has 1 atom stereocenters. The van der Waals surface area contributed by atoms with E-state index in [-0.39, 0.29) is 10.0 Å². The van der Waals surface area contributed by atoms with Crippen LogP contribution in [0.3, 0.4) is 0 Å². The summed E-state index contributed by atoms with van der Waals surface area (Å²) in [5.74, 6) is -0.0498. The molecule has 1 aromatic heterocycles. The highest BCUT2D eigenvalue weighted by Gasteiger charge is 2.27. The number of nitrogens with one attached hydrogen (secondary N) is 1. The Morgan fingerprint density at radius 2 is 2.12 bits per heavy atom. The Kier molecular flexibility index (Phi) is 4.71. The second kappa shape index (κ2) is 6.65. The van der Waals surface area contributed by atoms with E-state index >= 15 is 0 Å². The Balaban J connectivity index is 2.13. The van der Waals surface area contributed by atoms with Crippen LogP contribution in [0.25, 0.3) is 0 Å². The average molecular weight is 382 g/mol. The molecule has 1 unspecified atom stereocenters. The van der Waals surface area contributed by atoms with E-state index in [0.29, 0.717) is 23.6 Å². The SMILES string of the molecule is Cc1[nH]c(C(c2ccc(F)c(Cl)c2)N2C=CC=CC2)nc1S(C)(=O)=O. The molecule has 0 bridgehead atoms. The number of rotatable bonds is 4. The van der Waals surface area contributed by atoms with Gasteiger partial charge in [0.2, 0.25) is 0 Å². The first kappa shape index (κ1) is 17.7. The van der Waals surface area contributed by atoms with Crippen molar-refractivity contribution in [2.45, 2.75) is 18.0 Å². The number of imidazole rings is 1. The third-order valence-electron chi connectivity index (χ3n) is 3.90. The molecule has 0 saturated heterocycles. The summed E-state index contributed by atoms with van der Waals surface area (Å²) in [6.45, 7) is 2.26. The van der Waals surface area contributed by atoms with Gasteiger partial charge in [-0.3, -0.25) is 0 Å². The Morgan fingerprint density at radius 1 is 1.36 bits per heavy atom. The fourth-order valence-electron chi connectivity index (χ4n) is 2.82. The minimum atomic E-state index is -3.45. The van der Waals surface area contributed by atoms with Gasteiger partial charge in [0, 0.05) is 19.0 Å². The predicted molar refractivity (Wildman–Crippen MR) is 94.7 cm³/mol. The van der Waals surface area contributed by atoms with E-state index in [9.17, 15) is 12.8 Å². The third kappa shape index (κ3) is 3.62. The number of benzene rings is 1. The number of aromatic amines is 1. The number of hydrogen-bond acceptors (Lipinski definition) is 4. The molecule has 132 valence electrons. The van der Waals surface area contributed by atoms with Gasteiger partial charge >= 0.3 is 0 Å². The van der Waals surface area contributed by atoms with E-state index in [1.807, 2.05) is 29.3 Å². The van der Waals surface area contributed by atoms with Crippen LogP contribution in [0.2, 0.25) is 5.02 Å². The predicted octanol–water partition coefficient (Wildman–Crippen LogP) is 3.39. The van der Waals surface area contributed by atoms with Gasteiger partial charge in [0.15, 0.2) is 14.9 Å². The monoisotopic (exact) mass is 381 g/mol. The quantitative estimate of drug-likeness (QED) is 0.881. The van der Waals surface area contributed by atoms with Gasteiger partial charge in [0.05, 0.1) is 10.7 Å². The van der Waals surface area contributed by atoms with Crippen LogP contribution >= 0.6 is 11.6 Å². The maximum Gasteiger partial charge on any atom is 0.194 e. The van der Waals surface area contributed by atoms with E-state index in [2.05, 4.69) is 9.97 Å². The van der Waals surface area contributed by atoms with Crippen molar-refractivity contribution in [3.8, 4) is 0 Å². The van der Waals surface area contributed by atoms with Gasteiger partial charge in [-0.05, 0) is 30.7 Å². The molecule has 0 radical (unpaired) electrons. The first-order valence-corrected chi connectivity index (χ1v) is 9.85. The molecule has 0 spiro atoms. The largest absolute Gasteiger partial charge is 0.360 e. The lowest BCUT2D eigenvalue weighted by Crippen LogP contribution is -2.27. The number of nitrogens with zero attached hydrogens (tertiary/aromatic N) is 2. The molecule has 1 aromatic carbocycles. The van der Waals surface area contributed by atoms with Gasteiger partial charge in [0.25, 0.3) is 0 Å². The first-order valence-electron chi connectivity index (χ1n) is 7.58. The number of aryl methyl sites for hydroxylation is 1. The molecule has 0 amide bonds. The normalized spacial score (nSPS) is 15.6. The Morgan fingerprint density at radius 3 is 2.68 bits per heavy atom. The van der Waals surface area contributed by atoms with Crippen molar-refractivity contribution in [2.24, 2.45) is 0 Å². The van der Waals surface area contributed by atoms with Crippen molar-refractivity contribution in [3.63, 3.8) is 0 Å². The molecule has 2 heterocycles. The molecule has 2 aromatic rings. The van der Waals surface area contributed by atoms with E-state index in [1.54, 1.807) is 13.0 Å². The zero-order valence-electron chi connectivity index (χ0n) is 13.7. The highest BCUT2D eigenvalue weighted by atomic mass is 35.5. The van der Waals surface area contributed by atoms with Crippen LogP contribution in [0.15, 0.2) is 47.7 Å². The fourth-order valence-corrected chi connectivity index (χ4v) is 3.88. The molecule has 1 aliphatic rings. The van der Waals surface area contributed by atoms with Gasteiger partial charge in [-0.15, -0.1) is 0 Å². The van der Waals surface area contributed by atoms with Gasteiger partial charge in [-0.2, -0.15) is 0 Å². The summed E-state index contributed by atoms with van der Waals surface area (Å²) in [5.41, 5.74) is 1.17. The zero-order chi connectivity index (χ0) is 18.2. The first-order chi connectivity index (χ1) is 11.8. The summed E-state index contributed by atoms with van der Waals surface area (Å²) in [7, 11) is -3.45. The van der Waals surface area contributed by atoms with Gasteiger partial charge < -0.3 is 9.88 Å². The summed E-state index contributed by atoms with van der Waals surface area (Å²) in [5, 5.41) is 0.0166. The van der Waals surface area contributed by atoms with Crippen molar-refractivity contribution in [1.82, 2.24) is 14.9 Å². The van der Waals surface area contributed by atoms with Gasteiger partial charge in [0.1, 0.15) is 17.7 Å². The summed E-state index contributed by atoms with van der Waals surface area (Å²) in [4.78, 5) is 9.33. The van der Waals surface area contributed by atoms with Crippen molar-refractivity contribution in [1.29, 1.82) is 0 Å². The molecule has 1 aliphatic heterocycles. The summed E-state index contributed by atoms with van der Waals surface area (Å²) < 4.78 is 37.4. The van der Waals surface area contributed by atoms with Crippen molar-refractivity contribution in [3.05, 3.63) is 70.5 Å². The topological polar surface area (TPSA) is 66.1 Å². The van der Waals surface area contributed by atoms with E-state index in [4.69, 9.17) is 11.6 Å². The maximum atomic E-state index is 13.6. The van der Waals surface area contributed by atoms with Crippen LogP contribution in [0, 0.1) is 12.7 Å². The smallest absolute Gasteiger partial charge is 0.194 e. The number of aromatic nitrogens is 2. The second-order valence-electron chi connectivity index (χ2n) is 5.87. The molecule has 5 nitrogen and oxygen atoms in total. The minimum absolute atomic E-state index is 0.00523. The molecule has 3 rings (SSSR count). The molecule has 0 fully saturated rings. The van der Waals surface area contributed by atoms with Gasteiger partial charge in [-0.1, -0.05) is 29.8 Å². The van der Waals surface area contributed by atoms with E-state index in [0.717, 1.165) is 6.26 Å². The Labute approximate surface area is 150 Å². The zero-order valence-corrected chi connectivity index (χ0v) is 15.3. The maximum absolute atomic E-state index is 13.6. The lowest BCUT2D eigenvalue weighted by atomic mass is 10.0. The molecule has 25 heavy (non-hydrogen) atoms. The minimum Gasteiger partial charge on any atom is -0.360 e. The number of halogens is 2. The number of H-pyrrole nitrogens is 1. The third-order valence-corrected chi connectivity index (χ3v) is 5.29. The van der Waals surface area contributed by atoms with E-state index in [1.165, 1.54) is 12.1 Å². The lowest BCUT2D eigenvalue weighted by Gasteiger charge is -2.30. The lowest BCUT2D eigenvalue weighted by molar-refractivity contribution is 0.335. The van der Waals surface area contributed by atoms with Crippen molar-refractivity contribution in [2.75, 3.05) is 12.8 Å². The van der Waals surface area contributed by atoms with Crippen LogP contribution in [-0.4, -0.2) is 36.1 Å². The summed E-state index contributed by atoms with van der Waals surface area (Å²) >= 11 is 5.94. The van der Waals surface area contributed by atoms with Crippen LogP contribution in [0.5, 0.6) is 0 Å². The Hall–Kier alpha value is -2.12. The molecule has 0 aliphatic carbocycles. The summed E-state index contributed by atoms with van der Waals surface area (Å²) in [6, 6.07) is 4.02. The fraction of sp³-hybridized carbons (Fsp3) is 0.235. The molecule has 1 N–H and O–H groups in total.